The molecule has 0 bridgehead atoms. The molecule has 1 aromatic heterocycles. The van der Waals surface area contributed by atoms with Crippen LogP contribution in [0.25, 0.3) is 0 Å². The molecule has 4 rings (SSSR count). The number of likely N-dealkylation sites (tertiary alicyclic amines) is 1. The Morgan fingerprint density at radius 2 is 1.83 bits per heavy atom. The first-order chi connectivity index (χ1) is 11.4. The summed E-state index contributed by atoms with van der Waals surface area (Å²) in [5.74, 6) is 5.48. The topological polar surface area (TPSA) is 44.3 Å². The molecule has 0 amide bonds. The van der Waals surface area contributed by atoms with Crippen molar-refractivity contribution in [3.8, 4) is 0 Å². The van der Waals surface area contributed by atoms with Crippen LogP contribution in [0.4, 0.5) is 11.6 Å². The lowest BCUT2D eigenvalue weighted by atomic mass is 10.0. The van der Waals surface area contributed by atoms with E-state index in [1.54, 1.807) is 6.33 Å². The monoisotopic (exact) mass is 333 g/mol. The number of thioether (sulfide) groups is 1. The lowest BCUT2D eigenvalue weighted by Crippen LogP contribution is -2.40. The third-order valence-corrected chi connectivity index (χ3v) is 6.08. The Labute approximate surface area is 143 Å². The molecule has 0 atom stereocenters. The van der Waals surface area contributed by atoms with Crippen LogP contribution in [0.5, 0.6) is 0 Å². The molecule has 2 saturated heterocycles. The fourth-order valence-corrected chi connectivity index (χ4v) is 4.43. The Morgan fingerprint density at radius 1 is 1.04 bits per heavy atom. The smallest absolute Gasteiger partial charge is 0.134 e. The van der Waals surface area contributed by atoms with Crippen LogP contribution in [0.3, 0.4) is 0 Å². The van der Waals surface area contributed by atoms with Crippen LogP contribution in [0.1, 0.15) is 25.7 Å². The van der Waals surface area contributed by atoms with Crippen LogP contribution in [-0.2, 0) is 0 Å². The van der Waals surface area contributed by atoms with Gasteiger partial charge in [-0.3, -0.25) is 0 Å². The second kappa shape index (κ2) is 7.26. The minimum atomic E-state index is 0.560. The fraction of sp³-hybridized carbons (Fsp3) is 0.765. The first kappa shape index (κ1) is 15.5. The molecule has 3 aliphatic rings. The predicted molar refractivity (Wildman–Crippen MR) is 97.4 cm³/mol. The molecule has 0 spiro atoms. The second-order valence-corrected chi connectivity index (χ2v) is 8.25. The molecule has 126 valence electrons. The molecular formula is C17H27N5S. The van der Waals surface area contributed by atoms with Gasteiger partial charge in [0.1, 0.15) is 18.0 Å². The highest BCUT2D eigenvalue weighted by Crippen LogP contribution is 2.30. The summed E-state index contributed by atoms with van der Waals surface area (Å²) in [5, 5.41) is 3.64. The van der Waals surface area contributed by atoms with Crippen LogP contribution in [0.15, 0.2) is 12.4 Å². The Kier molecular flexibility index (Phi) is 4.90. The van der Waals surface area contributed by atoms with Gasteiger partial charge in [-0.05, 0) is 31.6 Å². The van der Waals surface area contributed by atoms with Gasteiger partial charge in [-0.2, -0.15) is 11.8 Å². The van der Waals surface area contributed by atoms with Crippen LogP contribution in [0, 0.1) is 5.92 Å². The van der Waals surface area contributed by atoms with Crippen molar-refractivity contribution in [3.63, 3.8) is 0 Å². The SMILES string of the molecule is c1nc(NC2CCN(CC3CC3)CC2)cc(N2CCSCC2)n1. The molecule has 1 N–H and O–H groups in total. The van der Waals surface area contributed by atoms with Crippen molar-refractivity contribution in [2.24, 2.45) is 5.92 Å². The van der Waals surface area contributed by atoms with Crippen LogP contribution in [0.2, 0.25) is 0 Å². The fourth-order valence-electron chi connectivity index (χ4n) is 3.53. The number of hydrogen-bond acceptors (Lipinski definition) is 6. The molecule has 0 aromatic carbocycles. The van der Waals surface area contributed by atoms with Crippen LogP contribution < -0.4 is 10.2 Å². The molecule has 23 heavy (non-hydrogen) atoms. The van der Waals surface area contributed by atoms with Crippen molar-refractivity contribution in [1.82, 2.24) is 14.9 Å². The summed E-state index contributed by atoms with van der Waals surface area (Å²) in [4.78, 5) is 13.9. The molecule has 0 radical (unpaired) electrons. The van der Waals surface area contributed by atoms with Gasteiger partial charge in [0, 0.05) is 56.3 Å². The first-order valence-electron chi connectivity index (χ1n) is 9.00. The summed E-state index contributed by atoms with van der Waals surface area (Å²) >= 11 is 2.03. The summed E-state index contributed by atoms with van der Waals surface area (Å²) in [7, 11) is 0. The van der Waals surface area contributed by atoms with E-state index in [4.69, 9.17) is 0 Å². The molecule has 1 aromatic rings. The Morgan fingerprint density at radius 3 is 2.57 bits per heavy atom. The molecule has 3 fully saturated rings. The highest BCUT2D eigenvalue weighted by Gasteiger charge is 2.27. The van der Waals surface area contributed by atoms with Crippen molar-refractivity contribution in [2.45, 2.75) is 31.7 Å². The minimum Gasteiger partial charge on any atom is -0.367 e. The van der Waals surface area contributed by atoms with Gasteiger partial charge in [-0.25, -0.2) is 9.97 Å². The summed E-state index contributed by atoms with van der Waals surface area (Å²) in [6.07, 6.45) is 7.08. The Balaban J connectivity index is 1.30. The van der Waals surface area contributed by atoms with Crippen LogP contribution >= 0.6 is 11.8 Å². The minimum absolute atomic E-state index is 0.560. The molecule has 3 heterocycles. The van der Waals surface area contributed by atoms with E-state index in [0.717, 1.165) is 30.6 Å². The number of aromatic nitrogens is 2. The quantitative estimate of drug-likeness (QED) is 0.892. The van der Waals surface area contributed by atoms with Gasteiger partial charge < -0.3 is 15.1 Å². The van der Waals surface area contributed by atoms with E-state index in [9.17, 15) is 0 Å². The average molecular weight is 334 g/mol. The first-order valence-corrected chi connectivity index (χ1v) is 10.2. The second-order valence-electron chi connectivity index (χ2n) is 7.02. The molecule has 1 aliphatic carbocycles. The highest BCUT2D eigenvalue weighted by atomic mass is 32.2. The molecule has 5 nitrogen and oxygen atoms in total. The highest BCUT2D eigenvalue weighted by molar-refractivity contribution is 7.99. The summed E-state index contributed by atoms with van der Waals surface area (Å²) in [5.41, 5.74) is 0. The summed E-state index contributed by atoms with van der Waals surface area (Å²) in [6, 6.07) is 2.69. The van der Waals surface area contributed by atoms with Gasteiger partial charge >= 0.3 is 0 Å². The van der Waals surface area contributed by atoms with E-state index < -0.39 is 0 Å². The molecule has 1 saturated carbocycles. The Bertz CT molecular complexity index is 507. The van der Waals surface area contributed by atoms with Crippen molar-refractivity contribution < 1.29 is 0 Å². The normalized spacial score (nSPS) is 23.9. The zero-order valence-corrected chi connectivity index (χ0v) is 14.6. The molecule has 0 unspecified atom stereocenters. The van der Waals surface area contributed by atoms with Gasteiger partial charge in [0.05, 0.1) is 0 Å². The Hall–Kier alpha value is -1.01. The lowest BCUT2D eigenvalue weighted by molar-refractivity contribution is 0.211. The number of hydrogen-bond donors (Lipinski definition) is 1. The summed E-state index contributed by atoms with van der Waals surface area (Å²) in [6.45, 7) is 5.99. The molecular weight excluding hydrogens is 306 g/mol. The summed E-state index contributed by atoms with van der Waals surface area (Å²) < 4.78 is 0. The maximum absolute atomic E-state index is 4.47. The van der Waals surface area contributed by atoms with E-state index in [-0.39, 0.29) is 0 Å². The van der Waals surface area contributed by atoms with E-state index in [1.807, 2.05) is 11.8 Å². The van der Waals surface area contributed by atoms with Crippen molar-refractivity contribution in [3.05, 3.63) is 12.4 Å². The largest absolute Gasteiger partial charge is 0.367 e. The van der Waals surface area contributed by atoms with E-state index >= 15 is 0 Å². The lowest BCUT2D eigenvalue weighted by Gasteiger charge is -2.33. The van der Waals surface area contributed by atoms with Gasteiger partial charge in [0.25, 0.3) is 0 Å². The van der Waals surface area contributed by atoms with Crippen molar-refractivity contribution >= 4 is 23.4 Å². The molecule has 2 aliphatic heterocycles. The van der Waals surface area contributed by atoms with Crippen LogP contribution in [-0.4, -0.2) is 65.1 Å². The average Bonchev–Trinajstić information content (AvgIpc) is 3.42. The van der Waals surface area contributed by atoms with Crippen molar-refractivity contribution in [1.29, 1.82) is 0 Å². The van der Waals surface area contributed by atoms with Gasteiger partial charge in [-0.1, -0.05) is 0 Å². The van der Waals surface area contributed by atoms with Gasteiger partial charge in [0.15, 0.2) is 0 Å². The van der Waals surface area contributed by atoms with Gasteiger partial charge in [0.2, 0.25) is 0 Å². The van der Waals surface area contributed by atoms with E-state index in [2.05, 4.69) is 31.2 Å². The number of nitrogens with one attached hydrogen (secondary N) is 1. The number of anilines is 2. The third-order valence-electron chi connectivity index (χ3n) is 5.14. The van der Waals surface area contributed by atoms with E-state index in [0.29, 0.717) is 6.04 Å². The third kappa shape index (κ3) is 4.29. The zero-order valence-electron chi connectivity index (χ0n) is 13.8. The van der Waals surface area contributed by atoms with Crippen molar-refractivity contribution in [2.75, 3.05) is 54.4 Å². The zero-order chi connectivity index (χ0) is 15.5. The number of piperidine rings is 1. The maximum atomic E-state index is 4.47. The standard InChI is InChI=1S/C17H27N5S/c1-2-14(1)12-21-5-3-15(4-6-21)20-16-11-17(19-13-18-16)22-7-9-23-10-8-22/h11,13-15H,1-10,12H2,(H,18,19,20). The molecule has 6 heteroatoms. The van der Waals surface area contributed by atoms with E-state index in [1.165, 1.54) is 56.8 Å². The number of nitrogens with zero attached hydrogens (tertiary/aromatic N) is 4. The number of rotatable bonds is 5. The maximum Gasteiger partial charge on any atom is 0.134 e. The van der Waals surface area contributed by atoms with Gasteiger partial charge in [-0.15, -0.1) is 0 Å². The predicted octanol–water partition coefficient (Wildman–Crippen LogP) is 2.32.